The number of nitrogens with one attached hydrogen (secondary N) is 1. The summed E-state index contributed by atoms with van der Waals surface area (Å²) < 4.78 is 7.66. The maximum atomic E-state index is 12.5. The van der Waals surface area contributed by atoms with E-state index in [4.69, 9.17) is 4.74 Å². The van der Waals surface area contributed by atoms with E-state index >= 15 is 0 Å². The van der Waals surface area contributed by atoms with Gasteiger partial charge in [-0.3, -0.25) is 4.79 Å². The van der Waals surface area contributed by atoms with E-state index in [9.17, 15) is 4.79 Å². The van der Waals surface area contributed by atoms with E-state index in [0.29, 0.717) is 6.54 Å². The average molecular weight is 333 g/mol. The number of aromatic nitrogens is 2. The summed E-state index contributed by atoms with van der Waals surface area (Å²) in [4.78, 5) is 17.1. The Morgan fingerprint density at radius 2 is 2.35 bits per heavy atom. The zero-order valence-corrected chi connectivity index (χ0v) is 14.4. The molecule has 0 aliphatic carbocycles. The largest absolute Gasteiger partial charge is 0.376 e. The van der Waals surface area contributed by atoms with Crippen LogP contribution >= 0.6 is 11.8 Å². The minimum Gasteiger partial charge on any atom is -0.376 e. The van der Waals surface area contributed by atoms with Gasteiger partial charge in [-0.15, -0.1) is 0 Å². The zero-order chi connectivity index (χ0) is 16.2. The van der Waals surface area contributed by atoms with Crippen LogP contribution in [0.5, 0.6) is 0 Å². The van der Waals surface area contributed by atoms with Crippen LogP contribution in [0.3, 0.4) is 0 Å². The highest BCUT2D eigenvalue weighted by Gasteiger charge is 2.24. The second-order valence-corrected chi connectivity index (χ2v) is 6.81. The topological polar surface area (TPSA) is 56.2 Å². The first kappa shape index (κ1) is 16.3. The van der Waals surface area contributed by atoms with Gasteiger partial charge in [-0.05, 0) is 38.2 Å². The van der Waals surface area contributed by atoms with Crippen molar-refractivity contribution in [2.24, 2.45) is 0 Å². The summed E-state index contributed by atoms with van der Waals surface area (Å²) in [6.07, 6.45) is 4.29. The average Bonchev–Trinajstić information content (AvgIpc) is 3.17. The van der Waals surface area contributed by atoms with Crippen LogP contribution in [-0.2, 0) is 21.8 Å². The summed E-state index contributed by atoms with van der Waals surface area (Å²) in [5.74, 6) is 1.75. The molecular weight excluding hydrogens is 310 g/mol. The van der Waals surface area contributed by atoms with Crippen LogP contribution in [0.4, 0.5) is 0 Å². The third kappa shape index (κ3) is 3.70. The standard InChI is InChI=1S/C17H23N3O2S/c1-12(15-8-5-9-22-15)18-17(21)10-20-14-7-4-3-6-13(14)19-16(20)11-23-2/h3-4,6-7,12,15H,5,8-11H2,1-2H3,(H,18,21)/t12-,15+/m1/s1. The highest BCUT2D eigenvalue weighted by molar-refractivity contribution is 7.97. The minimum atomic E-state index is 0.0125. The molecule has 0 radical (unpaired) electrons. The number of hydrogen-bond donors (Lipinski definition) is 1. The van der Waals surface area contributed by atoms with E-state index < -0.39 is 0 Å². The van der Waals surface area contributed by atoms with Crippen molar-refractivity contribution < 1.29 is 9.53 Å². The lowest BCUT2D eigenvalue weighted by Crippen LogP contribution is -2.42. The van der Waals surface area contributed by atoms with Crippen molar-refractivity contribution in [1.29, 1.82) is 0 Å². The van der Waals surface area contributed by atoms with Gasteiger partial charge in [0.25, 0.3) is 0 Å². The number of nitrogens with zero attached hydrogens (tertiary/aromatic N) is 2. The molecule has 0 saturated carbocycles. The van der Waals surface area contributed by atoms with Gasteiger partial charge in [0, 0.05) is 6.61 Å². The number of thioether (sulfide) groups is 1. The van der Waals surface area contributed by atoms with Gasteiger partial charge in [-0.25, -0.2) is 4.98 Å². The Labute approximate surface area is 140 Å². The fourth-order valence-electron chi connectivity index (χ4n) is 3.07. The second kappa shape index (κ2) is 7.36. The van der Waals surface area contributed by atoms with Gasteiger partial charge in [0.15, 0.2) is 0 Å². The lowest BCUT2D eigenvalue weighted by atomic mass is 10.1. The van der Waals surface area contributed by atoms with Gasteiger partial charge in [0.05, 0.1) is 28.9 Å². The Kier molecular flexibility index (Phi) is 5.23. The Hall–Kier alpha value is -1.53. The number of amides is 1. The predicted octanol–water partition coefficient (Wildman–Crippen LogP) is 2.58. The van der Waals surface area contributed by atoms with E-state index in [0.717, 1.165) is 42.1 Å². The number of hydrogen-bond acceptors (Lipinski definition) is 4. The van der Waals surface area contributed by atoms with E-state index in [2.05, 4.69) is 10.3 Å². The first-order chi connectivity index (χ1) is 11.2. The summed E-state index contributed by atoms with van der Waals surface area (Å²) in [6.45, 7) is 3.12. The third-order valence-corrected chi connectivity index (χ3v) is 4.77. The Balaban J connectivity index is 1.74. The molecule has 2 aromatic rings. The van der Waals surface area contributed by atoms with Crippen LogP contribution in [-0.4, -0.2) is 40.5 Å². The van der Waals surface area contributed by atoms with Gasteiger partial charge < -0.3 is 14.6 Å². The molecule has 1 saturated heterocycles. The monoisotopic (exact) mass is 333 g/mol. The molecule has 1 aliphatic rings. The molecule has 3 rings (SSSR count). The Morgan fingerprint density at radius 3 is 3.09 bits per heavy atom. The highest BCUT2D eigenvalue weighted by Crippen LogP contribution is 2.19. The summed E-state index contributed by atoms with van der Waals surface area (Å²) in [5, 5.41) is 3.07. The number of para-hydroxylation sites is 2. The minimum absolute atomic E-state index is 0.0125. The van der Waals surface area contributed by atoms with Gasteiger partial charge in [-0.1, -0.05) is 12.1 Å². The van der Waals surface area contributed by atoms with E-state index in [1.165, 1.54) is 0 Å². The molecule has 1 amide bonds. The molecule has 1 aromatic heterocycles. The molecule has 0 unspecified atom stereocenters. The van der Waals surface area contributed by atoms with Crippen molar-refractivity contribution in [3.8, 4) is 0 Å². The molecule has 1 fully saturated rings. The number of carbonyl (C=O) groups is 1. The first-order valence-electron chi connectivity index (χ1n) is 8.03. The first-order valence-corrected chi connectivity index (χ1v) is 9.42. The molecule has 1 aliphatic heterocycles. The van der Waals surface area contributed by atoms with Crippen LogP contribution < -0.4 is 5.32 Å². The molecule has 124 valence electrons. The number of ether oxygens (including phenoxy) is 1. The number of benzene rings is 1. The van der Waals surface area contributed by atoms with Crippen LogP contribution in [0.2, 0.25) is 0 Å². The van der Waals surface area contributed by atoms with E-state index in [1.54, 1.807) is 11.8 Å². The smallest absolute Gasteiger partial charge is 0.240 e. The molecule has 1 N–H and O–H groups in total. The number of fused-ring (bicyclic) bond motifs is 1. The highest BCUT2D eigenvalue weighted by atomic mass is 32.2. The van der Waals surface area contributed by atoms with E-state index in [-0.39, 0.29) is 18.1 Å². The van der Waals surface area contributed by atoms with Crippen LogP contribution in [0.25, 0.3) is 11.0 Å². The summed E-state index contributed by atoms with van der Waals surface area (Å²) in [5.41, 5.74) is 1.95. The van der Waals surface area contributed by atoms with Gasteiger partial charge >= 0.3 is 0 Å². The van der Waals surface area contributed by atoms with Crippen LogP contribution in [0.1, 0.15) is 25.6 Å². The SMILES string of the molecule is CSCc1nc2ccccc2n1CC(=O)N[C@H](C)[C@@H]1CCCO1. The molecule has 0 bridgehead atoms. The van der Waals surface area contributed by atoms with Crippen LogP contribution in [0.15, 0.2) is 24.3 Å². The second-order valence-electron chi connectivity index (χ2n) is 5.94. The molecule has 2 heterocycles. The van der Waals surface area contributed by atoms with Crippen molar-refractivity contribution >= 4 is 28.7 Å². The van der Waals surface area contributed by atoms with Crippen LogP contribution in [0, 0.1) is 0 Å². The predicted molar refractivity (Wildman–Crippen MR) is 93.5 cm³/mol. The van der Waals surface area contributed by atoms with Crippen molar-refractivity contribution in [2.45, 2.75) is 44.2 Å². The fraction of sp³-hybridized carbons (Fsp3) is 0.529. The Bertz CT molecular complexity index is 680. The fourth-order valence-corrected chi connectivity index (χ4v) is 3.55. The van der Waals surface area contributed by atoms with E-state index in [1.807, 2.05) is 42.0 Å². The van der Waals surface area contributed by atoms with Crippen molar-refractivity contribution in [3.05, 3.63) is 30.1 Å². The molecule has 1 aromatic carbocycles. The molecule has 0 spiro atoms. The number of imidazole rings is 1. The maximum Gasteiger partial charge on any atom is 0.240 e. The van der Waals surface area contributed by atoms with Crippen molar-refractivity contribution in [1.82, 2.24) is 14.9 Å². The molecule has 23 heavy (non-hydrogen) atoms. The Morgan fingerprint density at radius 1 is 1.52 bits per heavy atom. The quantitative estimate of drug-likeness (QED) is 0.883. The maximum absolute atomic E-state index is 12.5. The zero-order valence-electron chi connectivity index (χ0n) is 13.6. The molecule has 2 atom stereocenters. The van der Waals surface area contributed by atoms with Gasteiger partial charge in [-0.2, -0.15) is 11.8 Å². The third-order valence-electron chi connectivity index (χ3n) is 4.22. The lowest BCUT2D eigenvalue weighted by Gasteiger charge is -2.20. The summed E-state index contributed by atoms with van der Waals surface area (Å²) >= 11 is 1.71. The molecule has 5 nitrogen and oxygen atoms in total. The van der Waals surface area contributed by atoms with Crippen molar-refractivity contribution in [2.75, 3.05) is 12.9 Å². The summed E-state index contributed by atoms with van der Waals surface area (Å²) in [7, 11) is 0. The van der Waals surface area contributed by atoms with Crippen molar-refractivity contribution in [3.63, 3.8) is 0 Å². The van der Waals surface area contributed by atoms with Gasteiger partial charge in [0.1, 0.15) is 12.4 Å². The number of rotatable bonds is 6. The lowest BCUT2D eigenvalue weighted by molar-refractivity contribution is -0.123. The normalized spacial score (nSPS) is 19.1. The molecule has 6 heteroatoms. The number of carbonyl (C=O) groups excluding carboxylic acids is 1. The molecular formula is C17H23N3O2S. The van der Waals surface area contributed by atoms with Gasteiger partial charge in [0.2, 0.25) is 5.91 Å². The summed E-state index contributed by atoms with van der Waals surface area (Å²) in [6, 6.07) is 8.01.